The number of hydrogen-bond donors (Lipinski definition) is 1. The molecule has 1 fully saturated rings. The van der Waals surface area contributed by atoms with Crippen LogP contribution in [-0.4, -0.2) is 7.05 Å². The van der Waals surface area contributed by atoms with Crippen LogP contribution in [0.1, 0.15) is 43.9 Å². The Bertz CT molecular complexity index is 478. The Kier molecular flexibility index (Phi) is 3.37. The minimum atomic E-state index is 0.362. The second-order valence-corrected chi connectivity index (χ2v) is 5.41. The molecule has 1 atom stereocenters. The number of fused-ring (bicyclic) bond motifs is 1. The Morgan fingerprint density at radius 1 is 1.28 bits per heavy atom. The molecular weight excluding hydrogens is 222 g/mol. The van der Waals surface area contributed by atoms with Crippen LogP contribution in [0.25, 0.3) is 11.0 Å². The van der Waals surface area contributed by atoms with Crippen LogP contribution in [0.3, 0.4) is 0 Å². The summed E-state index contributed by atoms with van der Waals surface area (Å²) in [4.78, 5) is 0. The SMILES string of the molecule is CNC(CC1CCCC1)c1cc2ccccc2o1. The van der Waals surface area contributed by atoms with E-state index in [-0.39, 0.29) is 0 Å². The Morgan fingerprint density at radius 2 is 2.06 bits per heavy atom. The van der Waals surface area contributed by atoms with Crippen LogP contribution >= 0.6 is 0 Å². The van der Waals surface area contributed by atoms with E-state index in [1.165, 1.54) is 37.5 Å². The second-order valence-electron chi connectivity index (χ2n) is 5.41. The summed E-state index contributed by atoms with van der Waals surface area (Å²) in [5.74, 6) is 1.96. The quantitative estimate of drug-likeness (QED) is 0.867. The molecule has 2 aromatic rings. The fourth-order valence-electron chi connectivity index (χ4n) is 3.13. The van der Waals surface area contributed by atoms with Gasteiger partial charge in [-0.1, -0.05) is 43.9 Å². The Morgan fingerprint density at radius 3 is 2.78 bits per heavy atom. The van der Waals surface area contributed by atoms with Gasteiger partial charge in [-0.25, -0.2) is 0 Å². The normalized spacial score (nSPS) is 18.5. The van der Waals surface area contributed by atoms with Crippen LogP contribution in [0.4, 0.5) is 0 Å². The van der Waals surface area contributed by atoms with Gasteiger partial charge in [0.05, 0.1) is 6.04 Å². The number of para-hydroxylation sites is 1. The fourth-order valence-corrected chi connectivity index (χ4v) is 3.13. The molecule has 0 spiro atoms. The lowest BCUT2D eigenvalue weighted by atomic mass is 9.97. The third-order valence-electron chi connectivity index (χ3n) is 4.18. The van der Waals surface area contributed by atoms with Crippen LogP contribution in [0.5, 0.6) is 0 Å². The van der Waals surface area contributed by atoms with Crippen molar-refractivity contribution in [3.63, 3.8) is 0 Å². The van der Waals surface area contributed by atoms with Crippen molar-refractivity contribution in [2.75, 3.05) is 7.05 Å². The van der Waals surface area contributed by atoms with E-state index in [4.69, 9.17) is 4.42 Å². The van der Waals surface area contributed by atoms with Crippen LogP contribution in [0.15, 0.2) is 34.7 Å². The predicted molar refractivity (Wildman–Crippen MR) is 74.6 cm³/mol. The topological polar surface area (TPSA) is 25.2 Å². The Hall–Kier alpha value is -1.28. The zero-order chi connectivity index (χ0) is 12.4. The number of nitrogens with one attached hydrogen (secondary N) is 1. The summed E-state index contributed by atoms with van der Waals surface area (Å²) in [5, 5.41) is 4.62. The van der Waals surface area contributed by atoms with Crippen molar-refractivity contribution < 1.29 is 4.42 Å². The standard InChI is InChI=1S/C16H21NO/c1-17-14(10-12-6-2-3-7-12)16-11-13-8-4-5-9-15(13)18-16/h4-5,8-9,11-12,14,17H,2-3,6-7,10H2,1H3. The first-order valence-corrected chi connectivity index (χ1v) is 7.02. The molecule has 2 heteroatoms. The van der Waals surface area contributed by atoms with Gasteiger partial charge in [-0.15, -0.1) is 0 Å². The van der Waals surface area contributed by atoms with Crippen molar-refractivity contribution in [1.29, 1.82) is 0 Å². The number of hydrogen-bond acceptors (Lipinski definition) is 2. The van der Waals surface area contributed by atoms with E-state index in [1.807, 2.05) is 19.2 Å². The van der Waals surface area contributed by atoms with E-state index in [0.29, 0.717) is 6.04 Å². The average Bonchev–Trinajstić information content (AvgIpc) is 3.04. The van der Waals surface area contributed by atoms with Gasteiger partial charge in [-0.05, 0) is 31.5 Å². The summed E-state index contributed by atoms with van der Waals surface area (Å²) >= 11 is 0. The zero-order valence-electron chi connectivity index (χ0n) is 11.0. The molecule has 0 aliphatic heterocycles. The molecule has 1 aliphatic carbocycles. The van der Waals surface area contributed by atoms with Crippen molar-refractivity contribution in [1.82, 2.24) is 5.32 Å². The molecule has 1 aliphatic rings. The summed E-state index contributed by atoms with van der Waals surface area (Å²) in [6, 6.07) is 10.8. The first-order valence-electron chi connectivity index (χ1n) is 7.02. The van der Waals surface area contributed by atoms with Crippen molar-refractivity contribution in [2.45, 2.75) is 38.1 Å². The maximum absolute atomic E-state index is 5.97. The first kappa shape index (κ1) is 11.8. The van der Waals surface area contributed by atoms with Crippen molar-refractivity contribution in [2.24, 2.45) is 5.92 Å². The molecule has 2 nitrogen and oxygen atoms in total. The van der Waals surface area contributed by atoms with Gasteiger partial charge in [0.25, 0.3) is 0 Å². The molecule has 1 saturated carbocycles. The molecule has 1 unspecified atom stereocenters. The molecule has 1 aromatic heterocycles. The lowest BCUT2D eigenvalue weighted by molar-refractivity contribution is 0.365. The zero-order valence-corrected chi connectivity index (χ0v) is 11.0. The van der Waals surface area contributed by atoms with E-state index >= 15 is 0 Å². The average molecular weight is 243 g/mol. The van der Waals surface area contributed by atoms with Crippen molar-refractivity contribution in [3.8, 4) is 0 Å². The van der Waals surface area contributed by atoms with Gasteiger partial charge in [-0.3, -0.25) is 0 Å². The summed E-state index contributed by atoms with van der Waals surface area (Å²) < 4.78 is 5.97. The van der Waals surface area contributed by atoms with Crippen molar-refractivity contribution >= 4 is 11.0 Å². The highest BCUT2D eigenvalue weighted by Gasteiger charge is 2.22. The highest BCUT2D eigenvalue weighted by molar-refractivity contribution is 5.77. The second kappa shape index (κ2) is 5.15. The maximum Gasteiger partial charge on any atom is 0.134 e. The molecule has 96 valence electrons. The highest BCUT2D eigenvalue weighted by Crippen LogP contribution is 2.34. The predicted octanol–water partition coefficient (Wildman–Crippen LogP) is 4.27. The third kappa shape index (κ3) is 2.30. The molecule has 3 rings (SSSR count). The highest BCUT2D eigenvalue weighted by atomic mass is 16.3. The van der Waals surface area contributed by atoms with Gasteiger partial charge in [0.15, 0.2) is 0 Å². The van der Waals surface area contributed by atoms with Gasteiger partial charge < -0.3 is 9.73 Å². The van der Waals surface area contributed by atoms with Crippen LogP contribution in [0.2, 0.25) is 0 Å². The maximum atomic E-state index is 5.97. The lowest BCUT2D eigenvalue weighted by Gasteiger charge is -2.17. The van der Waals surface area contributed by atoms with Crippen LogP contribution < -0.4 is 5.32 Å². The minimum Gasteiger partial charge on any atom is -0.459 e. The van der Waals surface area contributed by atoms with E-state index in [9.17, 15) is 0 Å². The van der Waals surface area contributed by atoms with Crippen LogP contribution in [-0.2, 0) is 0 Å². The summed E-state index contributed by atoms with van der Waals surface area (Å²) in [7, 11) is 2.03. The lowest BCUT2D eigenvalue weighted by Crippen LogP contribution is -2.18. The summed E-state index contributed by atoms with van der Waals surface area (Å²) in [5.41, 5.74) is 0.999. The monoisotopic (exact) mass is 243 g/mol. The first-order chi connectivity index (χ1) is 8.86. The molecule has 0 bridgehead atoms. The van der Waals surface area contributed by atoms with E-state index in [0.717, 1.165) is 17.3 Å². The minimum absolute atomic E-state index is 0.362. The van der Waals surface area contributed by atoms with Crippen molar-refractivity contribution in [3.05, 3.63) is 36.1 Å². The van der Waals surface area contributed by atoms with Gasteiger partial charge in [0.2, 0.25) is 0 Å². The number of furan rings is 1. The van der Waals surface area contributed by atoms with E-state index in [2.05, 4.69) is 23.5 Å². The van der Waals surface area contributed by atoms with Gasteiger partial charge in [0, 0.05) is 5.39 Å². The number of benzene rings is 1. The summed E-state index contributed by atoms with van der Waals surface area (Å²) in [6.45, 7) is 0. The molecule has 1 heterocycles. The summed E-state index contributed by atoms with van der Waals surface area (Å²) in [6.07, 6.45) is 6.79. The van der Waals surface area contributed by atoms with Crippen LogP contribution in [0, 0.1) is 5.92 Å². The molecule has 0 radical (unpaired) electrons. The smallest absolute Gasteiger partial charge is 0.134 e. The molecule has 1 aromatic carbocycles. The molecule has 0 amide bonds. The third-order valence-corrected chi connectivity index (χ3v) is 4.18. The molecular formula is C16H21NO. The van der Waals surface area contributed by atoms with Gasteiger partial charge in [-0.2, -0.15) is 0 Å². The molecule has 0 saturated heterocycles. The Labute approximate surface area is 108 Å². The van der Waals surface area contributed by atoms with E-state index < -0.39 is 0 Å². The molecule has 1 N–H and O–H groups in total. The number of rotatable bonds is 4. The fraction of sp³-hybridized carbons (Fsp3) is 0.500. The van der Waals surface area contributed by atoms with Gasteiger partial charge >= 0.3 is 0 Å². The largest absolute Gasteiger partial charge is 0.459 e. The van der Waals surface area contributed by atoms with Gasteiger partial charge in [0.1, 0.15) is 11.3 Å². The Balaban J connectivity index is 1.81. The molecule has 18 heavy (non-hydrogen) atoms. The van der Waals surface area contributed by atoms with E-state index in [1.54, 1.807) is 0 Å².